The van der Waals surface area contributed by atoms with Gasteiger partial charge in [0.15, 0.2) is 0 Å². The molecule has 0 amide bonds. The molecule has 0 aliphatic rings. The molecule has 1 aromatic rings. The van der Waals surface area contributed by atoms with Crippen LogP contribution in [0.4, 0.5) is 13.2 Å². The third-order valence-corrected chi connectivity index (χ3v) is 2.31. The molecule has 1 atom stereocenters. The van der Waals surface area contributed by atoms with Crippen LogP contribution in [-0.4, -0.2) is 0 Å². The number of aryl methyl sites for hydroxylation is 1. The molecule has 3 heteroatoms. The Kier molecular flexibility index (Phi) is 3.09. The van der Waals surface area contributed by atoms with Gasteiger partial charge in [0.25, 0.3) is 0 Å². The molecule has 0 saturated carbocycles. The van der Waals surface area contributed by atoms with Crippen LogP contribution in [0.15, 0.2) is 18.2 Å². The van der Waals surface area contributed by atoms with E-state index in [0.717, 1.165) is 17.7 Å². The summed E-state index contributed by atoms with van der Waals surface area (Å²) in [7, 11) is 0. The molecule has 0 spiro atoms. The van der Waals surface area contributed by atoms with Crippen LogP contribution in [0.2, 0.25) is 0 Å². The molecule has 0 heterocycles. The van der Waals surface area contributed by atoms with Crippen molar-refractivity contribution in [2.45, 2.75) is 25.9 Å². The average molecular weight is 212 g/mol. The maximum atomic E-state index is 12.3. The highest BCUT2D eigenvalue weighted by atomic mass is 19.4. The number of alkyl halides is 3. The van der Waals surface area contributed by atoms with Crippen molar-refractivity contribution in [3.63, 3.8) is 0 Å². The lowest BCUT2D eigenvalue weighted by molar-refractivity contribution is -0.137. The summed E-state index contributed by atoms with van der Waals surface area (Å²) in [6, 6.07) is 3.64. The highest BCUT2D eigenvalue weighted by Crippen LogP contribution is 2.31. The molecule has 1 rings (SSSR count). The van der Waals surface area contributed by atoms with Crippen molar-refractivity contribution in [3.8, 4) is 12.3 Å². The molecule has 80 valence electrons. The lowest BCUT2D eigenvalue weighted by atomic mass is 9.95. The van der Waals surface area contributed by atoms with E-state index in [4.69, 9.17) is 6.42 Å². The summed E-state index contributed by atoms with van der Waals surface area (Å²) in [4.78, 5) is 0. The zero-order chi connectivity index (χ0) is 11.6. The standard InChI is InChI=1S/C12H11F3/c1-4-8(2)11-6-5-10(7-9(11)3)12(13,14)15/h1,5-8H,2-3H3. The van der Waals surface area contributed by atoms with Gasteiger partial charge in [-0.3, -0.25) is 0 Å². The van der Waals surface area contributed by atoms with Crippen LogP contribution in [0.5, 0.6) is 0 Å². The molecule has 0 fully saturated rings. The molecule has 0 aliphatic heterocycles. The Bertz CT molecular complexity index is 396. The van der Waals surface area contributed by atoms with Crippen LogP contribution in [0.3, 0.4) is 0 Å². The summed E-state index contributed by atoms with van der Waals surface area (Å²) in [5.41, 5.74) is 0.716. The van der Waals surface area contributed by atoms with Gasteiger partial charge in [-0.25, -0.2) is 0 Å². The van der Waals surface area contributed by atoms with E-state index in [1.165, 1.54) is 6.07 Å². The fraction of sp³-hybridized carbons (Fsp3) is 0.333. The molecule has 0 bridgehead atoms. The van der Waals surface area contributed by atoms with Crippen molar-refractivity contribution in [2.24, 2.45) is 0 Å². The number of hydrogen-bond acceptors (Lipinski definition) is 0. The van der Waals surface area contributed by atoms with E-state index in [1.54, 1.807) is 13.8 Å². The summed E-state index contributed by atoms with van der Waals surface area (Å²) in [5, 5.41) is 0. The Hall–Kier alpha value is -1.43. The average Bonchev–Trinajstić information content (AvgIpc) is 2.15. The van der Waals surface area contributed by atoms with Crippen LogP contribution >= 0.6 is 0 Å². The predicted octanol–water partition coefficient (Wildman–Crippen LogP) is 3.75. The quantitative estimate of drug-likeness (QED) is 0.622. The van der Waals surface area contributed by atoms with Crippen LogP contribution in [0.1, 0.15) is 29.5 Å². The van der Waals surface area contributed by atoms with Crippen LogP contribution in [0.25, 0.3) is 0 Å². The van der Waals surface area contributed by atoms with Gasteiger partial charge in [-0.2, -0.15) is 13.2 Å². The number of hydrogen-bond donors (Lipinski definition) is 0. The fourth-order valence-electron chi connectivity index (χ4n) is 1.43. The van der Waals surface area contributed by atoms with Crippen molar-refractivity contribution in [1.29, 1.82) is 0 Å². The van der Waals surface area contributed by atoms with E-state index in [2.05, 4.69) is 5.92 Å². The van der Waals surface area contributed by atoms with E-state index >= 15 is 0 Å². The minimum Gasteiger partial charge on any atom is -0.166 e. The first-order chi connectivity index (χ1) is 6.86. The number of terminal acetylenes is 1. The minimum atomic E-state index is -4.29. The topological polar surface area (TPSA) is 0 Å². The molecule has 0 saturated heterocycles. The van der Waals surface area contributed by atoms with E-state index < -0.39 is 11.7 Å². The maximum Gasteiger partial charge on any atom is 0.416 e. The maximum absolute atomic E-state index is 12.3. The monoisotopic (exact) mass is 212 g/mol. The van der Waals surface area contributed by atoms with E-state index in [1.807, 2.05) is 0 Å². The normalized spacial score (nSPS) is 13.3. The van der Waals surface area contributed by atoms with Gasteiger partial charge >= 0.3 is 6.18 Å². The number of benzene rings is 1. The highest BCUT2D eigenvalue weighted by molar-refractivity contribution is 5.37. The number of rotatable bonds is 1. The highest BCUT2D eigenvalue weighted by Gasteiger charge is 2.30. The molecule has 0 aliphatic carbocycles. The molecule has 0 aromatic heterocycles. The molecular formula is C12H11F3. The summed E-state index contributed by atoms with van der Waals surface area (Å²) >= 11 is 0. The Morgan fingerprint density at radius 1 is 1.33 bits per heavy atom. The van der Waals surface area contributed by atoms with Gasteiger partial charge in [0.2, 0.25) is 0 Å². The summed E-state index contributed by atoms with van der Waals surface area (Å²) in [6.07, 6.45) is 0.936. The second kappa shape index (κ2) is 3.98. The minimum absolute atomic E-state index is 0.160. The third kappa shape index (κ3) is 2.53. The van der Waals surface area contributed by atoms with Crippen molar-refractivity contribution in [3.05, 3.63) is 34.9 Å². The van der Waals surface area contributed by atoms with Crippen LogP contribution in [-0.2, 0) is 6.18 Å². The fourth-order valence-corrected chi connectivity index (χ4v) is 1.43. The summed E-state index contributed by atoms with van der Waals surface area (Å²) in [5.74, 6) is 2.34. The van der Waals surface area contributed by atoms with Gasteiger partial charge in [-0.15, -0.1) is 6.42 Å². The van der Waals surface area contributed by atoms with Crippen molar-refractivity contribution in [1.82, 2.24) is 0 Å². The zero-order valence-electron chi connectivity index (χ0n) is 8.52. The van der Waals surface area contributed by atoms with Crippen LogP contribution < -0.4 is 0 Å². The molecule has 1 aromatic carbocycles. The van der Waals surface area contributed by atoms with Gasteiger partial charge in [-0.1, -0.05) is 12.0 Å². The van der Waals surface area contributed by atoms with Gasteiger partial charge in [-0.05, 0) is 37.1 Å². The first-order valence-electron chi connectivity index (χ1n) is 4.50. The first kappa shape index (κ1) is 11.6. The Labute approximate surface area is 87.1 Å². The van der Waals surface area contributed by atoms with Crippen LogP contribution in [0, 0.1) is 19.3 Å². The van der Waals surface area contributed by atoms with E-state index in [0.29, 0.717) is 5.56 Å². The molecule has 0 N–H and O–H groups in total. The summed E-state index contributed by atoms with van der Waals surface area (Å²) < 4.78 is 37.0. The second-order valence-corrected chi connectivity index (χ2v) is 3.46. The second-order valence-electron chi connectivity index (χ2n) is 3.46. The van der Waals surface area contributed by atoms with Gasteiger partial charge in [0, 0.05) is 5.92 Å². The third-order valence-electron chi connectivity index (χ3n) is 2.31. The van der Waals surface area contributed by atoms with Crippen molar-refractivity contribution in [2.75, 3.05) is 0 Å². The molecule has 1 unspecified atom stereocenters. The first-order valence-corrected chi connectivity index (χ1v) is 4.50. The largest absolute Gasteiger partial charge is 0.416 e. The zero-order valence-corrected chi connectivity index (χ0v) is 8.52. The Morgan fingerprint density at radius 3 is 2.33 bits per heavy atom. The number of halogens is 3. The molecule has 15 heavy (non-hydrogen) atoms. The Morgan fingerprint density at radius 2 is 1.93 bits per heavy atom. The smallest absolute Gasteiger partial charge is 0.166 e. The predicted molar refractivity (Wildman–Crippen MR) is 53.4 cm³/mol. The molecule has 0 nitrogen and oxygen atoms in total. The lowest BCUT2D eigenvalue weighted by Crippen LogP contribution is -2.06. The van der Waals surface area contributed by atoms with Gasteiger partial charge in [0.05, 0.1) is 5.56 Å². The summed E-state index contributed by atoms with van der Waals surface area (Å²) in [6.45, 7) is 3.42. The lowest BCUT2D eigenvalue weighted by Gasteiger charge is -2.12. The van der Waals surface area contributed by atoms with Gasteiger partial charge < -0.3 is 0 Å². The molecule has 0 radical (unpaired) electrons. The van der Waals surface area contributed by atoms with E-state index in [-0.39, 0.29) is 5.92 Å². The van der Waals surface area contributed by atoms with Crippen molar-refractivity contribution < 1.29 is 13.2 Å². The van der Waals surface area contributed by atoms with Crippen molar-refractivity contribution >= 4 is 0 Å². The molecular weight excluding hydrogens is 201 g/mol. The SMILES string of the molecule is C#CC(C)c1ccc(C(F)(F)F)cc1C. The van der Waals surface area contributed by atoms with E-state index in [9.17, 15) is 13.2 Å². The van der Waals surface area contributed by atoms with Gasteiger partial charge in [0.1, 0.15) is 0 Å². The Balaban J connectivity index is 3.16.